The Balaban J connectivity index is 2.18. The minimum Gasteiger partial charge on any atom is -0.394 e. The Morgan fingerprint density at radius 3 is 2.50 bits per heavy atom. The van der Waals surface area contributed by atoms with Crippen LogP contribution in [0.5, 0.6) is 0 Å². The van der Waals surface area contributed by atoms with Gasteiger partial charge in [-0.25, -0.2) is 0 Å². The van der Waals surface area contributed by atoms with E-state index in [1.54, 1.807) is 0 Å². The van der Waals surface area contributed by atoms with Gasteiger partial charge in [0.25, 0.3) is 0 Å². The zero-order chi connectivity index (χ0) is 16.2. The first-order chi connectivity index (χ1) is 10.5. The molecule has 2 aromatic rings. The zero-order valence-electron chi connectivity index (χ0n) is 14.1. The molecule has 4 heteroatoms. The normalized spacial score (nSPS) is 14.0. The summed E-state index contributed by atoms with van der Waals surface area (Å²) in [5.74, 6) is 0. The fourth-order valence-electron chi connectivity index (χ4n) is 2.82. The second-order valence-electron chi connectivity index (χ2n) is 6.00. The highest BCUT2D eigenvalue weighted by atomic mass is 16.3. The number of benzene rings is 1. The Hall–Kier alpha value is -1.65. The van der Waals surface area contributed by atoms with Gasteiger partial charge in [0.1, 0.15) is 0 Å². The van der Waals surface area contributed by atoms with Crippen molar-refractivity contribution in [2.45, 2.75) is 52.7 Å². The number of aryl methyl sites for hydroxylation is 1. The molecule has 1 atom stereocenters. The largest absolute Gasteiger partial charge is 0.394 e. The molecule has 1 aromatic heterocycles. The Morgan fingerprint density at radius 1 is 1.23 bits per heavy atom. The maximum atomic E-state index is 9.11. The van der Waals surface area contributed by atoms with Gasteiger partial charge in [0, 0.05) is 23.3 Å². The van der Waals surface area contributed by atoms with Crippen LogP contribution in [0.25, 0.3) is 0 Å². The highest BCUT2D eigenvalue weighted by molar-refractivity contribution is 5.27. The average Bonchev–Trinajstić information content (AvgIpc) is 2.80. The van der Waals surface area contributed by atoms with Crippen LogP contribution < -0.4 is 5.32 Å². The van der Waals surface area contributed by atoms with E-state index in [9.17, 15) is 0 Å². The first-order valence-electron chi connectivity index (χ1n) is 7.96. The van der Waals surface area contributed by atoms with Crippen LogP contribution in [-0.4, -0.2) is 21.5 Å². The molecule has 0 aliphatic rings. The standard InChI is InChI=1S/C18H27N3O/c1-5-18(4,16-9-7-6-8-10-16)19-13-17-14(2)20-21(11-12-22)15(17)3/h6-10,19,22H,5,11-13H2,1-4H3. The number of aliphatic hydroxyl groups is 1. The molecular formula is C18H27N3O. The minimum absolute atomic E-state index is 0.0563. The molecule has 0 saturated carbocycles. The lowest BCUT2D eigenvalue weighted by atomic mass is 9.89. The SMILES string of the molecule is CCC(C)(NCc1c(C)nn(CCO)c1C)c1ccccc1. The summed E-state index contributed by atoms with van der Waals surface area (Å²) in [6, 6.07) is 10.6. The highest BCUT2D eigenvalue weighted by Gasteiger charge is 2.24. The van der Waals surface area contributed by atoms with Crippen LogP contribution in [0.4, 0.5) is 0 Å². The van der Waals surface area contributed by atoms with Crippen molar-refractivity contribution in [2.75, 3.05) is 6.61 Å². The third-order valence-corrected chi connectivity index (χ3v) is 4.62. The van der Waals surface area contributed by atoms with Gasteiger partial charge in [0.05, 0.1) is 18.8 Å². The van der Waals surface area contributed by atoms with E-state index in [0.717, 1.165) is 24.4 Å². The maximum Gasteiger partial charge on any atom is 0.0644 e. The fourth-order valence-corrected chi connectivity index (χ4v) is 2.82. The molecule has 1 aromatic carbocycles. The summed E-state index contributed by atoms with van der Waals surface area (Å²) in [6.45, 7) is 9.99. The van der Waals surface area contributed by atoms with Gasteiger partial charge in [0.15, 0.2) is 0 Å². The summed E-state index contributed by atoms with van der Waals surface area (Å²) in [5.41, 5.74) is 4.63. The molecule has 2 rings (SSSR count). The van der Waals surface area contributed by atoms with E-state index in [1.807, 2.05) is 17.7 Å². The van der Waals surface area contributed by atoms with Crippen molar-refractivity contribution in [3.63, 3.8) is 0 Å². The van der Waals surface area contributed by atoms with Gasteiger partial charge in [-0.15, -0.1) is 0 Å². The molecule has 0 bridgehead atoms. The second-order valence-corrected chi connectivity index (χ2v) is 6.00. The molecule has 0 fully saturated rings. The van der Waals surface area contributed by atoms with Crippen molar-refractivity contribution in [3.8, 4) is 0 Å². The number of hydrogen-bond acceptors (Lipinski definition) is 3. The predicted molar refractivity (Wildman–Crippen MR) is 89.7 cm³/mol. The topological polar surface area (TPSA) is 50.1 Å². The van der Waals surface area contributed by atoms with Crippen LogP contribution in [0.1, 0.15) is 42.8 Å². The highest BCUT2D eigenvalue weighted by Crippen LogP contribution is 2.25. The number of rotatable bonds is 7. The molecule has 0 aliphatic carbocycles. The number of nitrogens with zero attached hydrogens (tertiary/aromatic N) is 2. The molecule has 0 aliphatic heterocycles. The number of aliphatic hydroxyl groups excluding tert-OH is 1. The van der Waals surface area contributed by atoms with Crippen molar-refractivity contribution in [1.82, 2.24) is 15.1 Å². The van der Waals surface area contributed by atoms with E-state index in [2.05, 4.69) is 55.5 Å². The van der Waals surface area contributed by atoms with Crippen LogP contribution in [0.15, 0.2) is 30.3 Å². The van der Waals surface area contributed by atoms with E-state index in [4.69, 9.17) is 5.11 Å². The molecule has 2 N–H and O–H groups in total. The third kappa shape index (κ3) is 3.39. The molecule has 4 nitrogen and oxygen atoms in total. The van der Waals surface area contributed by atoms with Crippen molar-refractivity contribution in [2.24, 2.45) is 0 Å². The molecule has 1 heterocycles. The molecule has 22 heavy (non-hydrogen) atoms. The van der Waals surface area contributed by atoms with Crippen LogP contribution in [-0.2, 0) is 18.6 Å². The second kappa shape index (κ2) is 7.07. The number of aromatic nitrogens is 2. The number of nitrogens with one attached hydrogen (secondary N) is 1. The Kier molecular flexibility index (Phi) is 5.37. The van der Waals surface area contributed by atoms with E-state index >= 15 is 0 Å². The average molecular weight is 301 g/mol. The summed E-state index contributed by atoms with van der Waals surface area (Å²) in [5, 5.41) is 17.3. The van der Waals surface area contributed by atoms with Gasteiger partial charge in [0.2, 0.25) is 0 Å². The quantitative estimate of drug-likeness (QED) is 0.827. The first-order valence-corrected chi connectivity index (χ1v) is 7.96. The lowest BCUT2D eigenvalue weighted by molar-refractivity contribution is 0.267. The van der Waals surface area contributed by atoms with Crippen molar-refractivity contribution >= 4 is 0 Å². The summed E-state index contributed by atoms with van der Waals surface area (Å²) < 4.78 is 1.89. The van der Waals surface area contributed by atoms with Crippen LogP contribution >= 0.6 is 0 Å². The third-order valence-electron chi connectivity index (χ3n) is 4.62. The lowest BCUT2D eigenvalue weighted by Gasteiger charge is -2.30. The first kappa shape index (κ1) is 16.7. The van der Waals surface area contributed by atoms with E-state index in [-0.39, 0.29) is 12.1 Å². The summed E-state index contributed by atoms with van der Waals surface area (Å²) in [6.07, 6.45) is 1.01. The summed E-state index contributed by atoms with van der Waals surface area (Å²) in [4.78, 5) is 0. The molecule has 0 amide bonds. The van der Waals surface area contributed by atoms with Gasteiger partial charge < -0.3 is 10.4 Å². The molecule has 0 saturated heterocycles. The van der Waals surface area contributed by atoms with E-state index in [1.165, 1.54) is 11.1 Å². The predicted octanol–water partition coefficient (Wildman–Crippen LogP) is 2.91. The van der Waals surface area contributed by atoms with Crippen LogP contribution in [0, 0.1) is 13.8 Å². The van der Waals surface area contributed by atoms with Crippen molar-refractivity contribution in [1.29, 1.82) is 0 Å². The Morgan fingerprint density at radius 2 is 1.91 bits per heavy atom. The van der Waals surface area contributed by atoms with Crippen LogP contribution in [0.2, 0.25) is 0 Å². The summed E-state index contributed by atoms with van der Waals surface area (Å²) >= 11 is 0. The monoisotopic (exact) mass is 301 g/mol. The molecule has 120 valence electrons. The Labute approximate surface area is 133 Å². The zero-order valence-corrected chi connectivity index (χ0v) is 14.1. The summed E-state index contributed by atoms with van der Waals surface area (Å²) in [7, 11) is 0. The van der Waals surface area contributed by atoms with Crippen LogP contribution in [0.3, 0.4) is 0 Å². The van der Waals surface area contributed by atoms with E-state index in [0.29, 0.717) is 6.54 Å². The van der Waals surface area contributed by atoms with Gasteiger partial charge in [-0.05, 0) is 32.8 Å². The van der Waals surface area contributed by atoms with Crippen molar-refractivity contribution < 1.29 is 5.11 Å². The van der Waals surface area contributed by atoms with Gasteiger partial charge in [-0.1, -0.05) is 37.3 Å². The van der Waals surface area contributed by atoms with Gasteiger partial charge in [-0.3, -0.25) is 4.68 Å². The van der Waals surface area contributed by atoms with E-state index < -0.39 is 0 Å². The lowest BCUT2D eigenvalue weighted by Crippen LogP contribution is -2.38. The molecule has 1 unspecified atom stereocenters. The molecule has 0 spiro atoms. The van der Waals surface area contributed by atoms with Crippen molar-refractivity contribution in [3.05, 3.63) is 52.8 Å². The Bertz CT molecular complexity index is 606. The van der Waals surface area contributed by atoms with Gasteiger partial charge in [-0.2, -0.15) is 5.10 Å². The molecular weight excluding hydrogens is 274 g/mol. The smallest absolute Gasteiger partial charge is 0.0644 e. The molecule has 0 radical (unpaired) electrons. The maximum absolute atomic E-state index is 9.11. The minimum atomic E-state index is -0.0563. The van der Waals surface area contributed by atoms with Gasteiger partial charge >= 0.3 is 0 Å². The number of hydrogen-bond donors (Lipinski definition) is 2. The fraction of sp³-hybridized carbons (Fsp3) is 0.500.